The monoisotopic (exact) mass is 395 g/mol. The van der Waals surface area contributed by atoms with E-state index in [0.29, 0.717) is 79.3 Å². The van der Waals surface area contributed by atoms with Gasteiger partial charge in [-0.3, -0.25) is 0 Å². The van der Waals surface area contributed by atoms with Gasteiger partial charge in [-0.15, -0.1) is 0 Å². The van der Waals surface area contributed by atoms with E-state index in [-0.39, 0.29) is 6.10 Å². The van der Waals surface area contributed by atoms with Gasteiger partial charge in [-0.1, -0.05) is 0 Å². The molecule has 0 saturated heterocycles. The molecule has 0 aliphatic heterocycles. The second kappa shape index (κ2) is 22.0. The first-order valence-corrected chi connectivity index (χ1v) is 9.85. The van der Waals surface area contributed by atoms with E-state index in [1.807, 2.05) is 27.9 Å². The third-order valence-corrected chi connectivity index (χ3v) is 3.22. The molecule has 0 rings (SSSR count). The highest BCUT2D eigenvalue weighted by atomic mass is 16.6. The maximum atomic E-state index is 5.42. The van der Waals surface area contributed by atoms with Crippen molar-refractivity contribution >= 4 is 0 Å². The Hall–Kier alpha value is -0.320. The van der Waals surface area contributed by atoms with Crippen molar-refractivity contribution in [1.82, 2.24) is 4.90 Å². The number of likely N-dealkylation sites (N-methyl/N-ethyl adjacent to an activating group) is 1. The van der Waals surface area contributed by atoms with Crippen LogP contribution in [0.25, 0.3) is 0 Å². The van der Waals surface area contributed by atoms with Crippen LogP contribution in [0.2, 0.25) is 0 Å². The zero-order valence-corrected chi connectivity index (χ0v) is 17.8. The van der Waals surface area contributed by atoms with Gasteiger partial charge in [0.05, 0.1) is 92.0 Å². The highest BCUT2D eigenvalue weighted by Gasteiger charge is 1.95. The molecule has 0 aliphatic carbocycles. The van der Waals surface area contributed by atoms with Crippen molar-refractivity contribution in [3.8, 4) is 0 Å². The largest absolute Gasteiger partial charge is 0.378 e. The number of hydrogen-bond acceptors (Lipinski definition) is 8. The molecule has 0 atom stereocenters. The molecule has 0 fully saturated rings. The summed E-state index contributed by atoms with van der Waals surface area (Å²) in [6, 6.07) is 0. The van der Waals surface area contributed by atoms with Crippen molar-refractivity contribution in [3.05, 3.63) is 0 Å². The minimum absolute atomic E-state index is 0.246. The fourth-order valence-corrected chi connectivity index (χ4v) is 1.79. The van der Waals surface area contributed by atoms with Crippen LogP contribution in [0.5, 0.6) is 0 Å². The number of rotatable bonds is 22. The summed E-state index contributed by atoms with van der Waals surface area (Å²) in [6.45, 7) is 12.6. The molecule has 0 bridgehead atoms. The normalized spacial score (nSPS) is 11.8. The van der Waals surface area contributed by atoms with Crippen LogP contribution in [0.1, 0.15) is 13.8 Å². The first-order valence-electron chi connectivity index (χ1n) is 9.85. The Bertz CT molecular complexity index is 255. The van der Waals surface area contributed by atoms with Gasteiger partial charge in [-0.2, -0.15) is 0 Å². The molecular weight excluding hydrogens is 354 g/mol. The van der Waals surface area contributed by atoms with Gasteiger partial charge in [-0.25, -0.2) is 0 Å². The van der Waals surface area contributed by atoms with Crippen molar-refractivity contribution in [2.24, 2.45) is 0 Å². The van der Waals surface area contributed by atoms with Crippen LogP contribution in [0, 0.1) is 0 Å². The Morgan fingerprint density at radius 1 is 0.481 bits per heavy atom. The van der Waals surface area contributed by atoms with Crippen LogP contribution in [-0.2, 0) is 33.2 Å². The van der Waals surface area contributed by atoms with Gasteiger partial charge in [0, 0.05) is 6.54 Å². The molecule has 0 radical (unpaired) electrons. The summed E-state index contributed by atoms with van der Waals surface area (Å²) in [4.78, 5) is 2.09. The predicted molar refractivity (Wildman–Crippen MR) is 105 cm³/mol. The summed E-state index contributed by atoms with van der Waals surface area (Å²) in [5.74, 6) is 0. The minimum atomic E-state index is 0.246. The van der Waals surface area contributed by atoms with E-state index in [1.54, 1.807) is 0 Å². The zero-order chi connectivity index (χ0) is 20.0. The first kappa shape index (κ1) is 26.7. The van der Waals surface area contributed by atoms with Crippen molar-refractivity contribution < 1.29 is 33.2 Å². The first-order chi connectivity index (χ1) is 13.1. The van der Waals surface area contributed by atoms with Crippen LogP contribution in [-0.4, -0.2) is 118 Å². The van der Waals surface area contributed by atoms with Gasteiger partial charge in [0.25, 0.3) is 0 Å². The molecule has 0 N–H and O–H groups in total. The van der Waals surface area contributed by atoms with Crippen LogP contribution < -0.4 is 0 Å². The number of ether oxygens (including phenoxy) is 7. The topological polar surface area (TPSA) is 67.9 Å². The summed E-state index contributed by atoms with van der Waals surface area (Å²) in [7, 11) is 4.05. The van der Waals surface area contributed by atoms with Crippen molar-refractivity contribution in [2.45, 2.75) is 20.0 Å². The molecule has 0 aromatic heterocycles. The highest BCUT2D eigenvalue weighted by molar-refractivity contribution is 4.41. The number of nitrogens with zero attached hydrogens (tertiary/aromatic N) is 1. The average Bonchev–Trinajstić information content (AvgIpc) is 2.62. The van der Waals surface area contributed by atoms with Crippen LogP contribution in [0.3, 0.4) is 0 Å². The molecular formula is C19H41NO7. The van der Waals surface area contributed by atoms with Gasteiger partial charge in [0.2, 0.25) is 0 Å². The van der Waals surface area contributed by atoms with Crippen molar-refractivity contribution in [2.75, 3.05) is 107 Å². The Labute approximate surface area is 165 Å². The lowest BCUT2D eigenvalue weighted by molar-refractivity contribution is -0.0239. The molecule has 27 heavy (non-hydrogen) atoms. The van der Waals surface area contributed by atoms with Gasteiger partial charge in [0.1, 0.15) is 0 Å². The molecule has 0 unspecified atom stereocenters. The third kappa shape index (κ3) is 25.7. The van der Waals surface area contributed by atoms with E-state index in [9.17, 15) is 0 Å². The van der Waals surface area contributed by atoms with Crippen molar-refractivity contribution in [3.63, 3.8) is 0 Å². The maximum Gasteiger partial charge on any atom is 0.0703 e. The van der Waals surface area contributed by atoms with Crippen LogP contribution in [0.4, 0.5) is 0 Å². The molecule has 0 aromatic rings. The molecule has 8 heteroatoms. The van der Waals surface area contributed by atoms with Gasteiger partial charge < -0.3 is 38.1 Å². The molecule has 0 aliphatic rings. The van der Waals surface area contributed by atoms with E-state index in [4.69, 9.17) is 33.2 Å². The van der Waals surface area contributed by atoms with Gasteiger partial charge in [0.15, 0.2) is 0 Å². The van der Waals surface area contributed by atoms with E-state index >= 15 is 0 Å². The standard InChI is InChI=1S/C19H41NO7/c1-19(2)27-18-17-26-16-15-25-14-13-24-12-11-23-10-9-22-8-7-21-6-5-20(3)4/h19H,5-18H2,1-4H3. The lowest BCUT2D eigenvalue weighted by Crippen LogP contribution is -2.19. The molecule has 0 saturated carbocycles. The summed E-state index contributed by atoms with van der Waals surface area (Å²) in [5.41, 5.74) is 0. The van der Waals surface area contributed by atoms with Gasteiger partial charge >= 0.3 is 0 Å². The Morgan fingerprint density at radius 2 is 0.778 bits per heavy atom. The van der Waals surface area contributed by atoms with Crippen molar-refractivity contribution in [1.29, 1.82) is 0 Å². The SMILES string of the molecule is CC(C)OCCOCCOCCOCCOCCOCCOCCN(C)C. The summed E-state index contributed by atoms with van der Waals surface area (Å²) < 4.78 is 37.8. The smallest absolute Gasteiger partial charge is 0.0703 e. The predicted octanol–water partition coefficient (Wildman–Crippen LogP) is 1.07. The summed E-state index contributed by atoms with van der Waals surface area (Å²) in [5, 5.41) is 0. The maximum absolute atomic E-state index is 5.42. The summed E-state index contributed by atoms with van der Waals surface area (Å²) in [6.07, 6.45) is 0.246. The summed E-state index contributed by atoms with van der Waals surface area (Å²) >= 11 is 0. The minimum Gasteiger partial charge on any atom is -0.378 e. The fourth-order valence-electron chi connectivity index (χ4n) is 1.79. The second-order valence-electron chi connectivity index (χ2n) is 6.40. The quantitative estimate of drug-likeness (QED) is 0.252. The van der Waals surface area contributed by atoms with E-state index < -0.39 is 0 Å². The lowest BCUT2D eigenvalue weighted by Gasteiger charge is -2.10. The Morgan fingerprint density at radius 3 is 1.07 bits per heavy atom. The number of hydrogen-bond donors (Lipinski definition) is 0. The van der Waals surface area contributed by atoms with E-state index in [2.05, 4.69) is 4.90 Å². The van der Waals surface area contributed by atoms with E-state index in [1.165, 1.54) is 0 Å². The molecule has 0 aromatic carbocycles. The molecule has 0 heterocycles. The van der Waals surface area contributed by atoms with E-state index in [0.717, 1.165) is 13.2 Å². The zero-order valence-electron chi connectivity index (χ0n) is 17.8. The van der Waals surface area contributed by atoms with Crippen LogP contribution in [0.15, 0.2) is 0 Å². The highest BCUT2D eigenvalue weighted by Crippen LogP contribution is 1.88. The lowest BCUT2D eigenvalue weighted by atomic mass is 10.5. The fraction of sp³-hybridized carbons (Fsp3) is 1.00. The average molecular weight is 396 g/mol. The third-order valence-electron chi connectivity index (χ3n) is 3.22. The van der Waals surface area contributed by atoms with Crippen LogP contribution >= 0.6 is 0 Å². The molecule has 164 valence electrons. The Balaban J connectivity index is 2.99. The molecule has 0 amide bonds. The second-order valence-corrected chi connectivity index (χ2v) is 6.40. The molecule has 8 nitrogen and oxygen atoms in total. The molecule has 0 spiro atoms. The Kier molecular flexibility index (Phi) is 21.7. The van der Waals surface area contributed by atoms with Gasteiger partial charge in [-0.05, 0) is 27.9 Å².